The highest BCUT2D eigenvalue weighted by Gasteiger charge is 2.19. The average Bonchev–Trinajstić information content (AvgIpc) is 3.44. The van der Waals surface area contributed by atoms with Gasteiger partial charge in [-0.15, -0.1) is 0 Å². The maximum absolute atomic E-state index is 12.9. The molecule has 0 saturated heterocycles. The monoisotopic (exact) mass is 1080 g/mol. The van der Waals surface area contributed by atoms with Crippen molar-refractivity contribution in [1.29, 1.82) is 0 Å². The summed E-state index contributed by atoms with van der Waals surface area (Å²) in [5.41, 5.74) is 0. The Hall–Kier alpha value is -4.45. The number of ether oxygens (including phenoxy) is 3. The average molecular weight is 1080 g/mol. The summed E-state index contributed by atoms with van der Waals surface area (Å²) in [6, 6.07) is 0. The van der Waals surface area contributed by atoms with E-state index in [0.29, 0.717) is 19.3 Å². The highest BCUT2D eigenvalue weighted by atomic mass is 16.6. The maximum Gasteiger partial charge on any atom is 0.306 e. The van der Waals surface area contributed by atoms with Crippen LogP contribution in [0.5, 0.6) is 0 Å². The van der Waals surface area contributed by atoms with E-state index in [0.717, 1.165) is 161 Å². The van der Waals surface area contributed by atoms with Crippen LogP contribution in [0.1, 0.15) is 284 Å². The Morgan fingerprint density at radius 1 is 0.269 bits per heavy atom. The van der Waals surface area contributed by atoms with Crippen LogP contribution >= 0.6 is 0 Å². The largest absolute Gasteiger partial charge is 0.462 e. The Morgan fingerprint density at radius 2 is 0.500 bits per heavy atom. The van der Waals surface area contributed by atoms with Gasteiger partial charge in [0.05, 0.1) is 0 Å². The maximum atomic E-state index is 12.9. The number of hydrogen-bond donors (Lipinski definition) is 0. The van der Waals surface area contributed by atoms with Gasteiger partial charge in [0.15, 0.2) is 6.10 Å². The Bertz CT molecular complexity index is 1670. The van der Waals surface area contributed by atoms with Crippen molar-refractivity contribution in [2.75, 3.05) is 13.2 Å². The predicted octanol–water partition coefficient (Wildman–Crippen LogP) is 22.2. The molecule has 1 atom stereocenters. The van der Waals surface area contributed by atoms with Crippen LogP contribution in [0.4, 0.5) is 0 Å². The summed E-state index contributed by atoms with van der Waals surface area (Å²) in [6.45, 7) is 6.46. The molecule has 0 aliphatic rings. The molecule has 0 spiro atoms. The first-order chi connectivity index (χ1) is 38.5. The van der Waals surface area contributed by atoms with Crippen LogP contribution < -0.4 is 0 Å². The molecule has 1 unspecified atom stereocenters. The molecule has 0 aromatic heterocycles. The molecule has 0 aliphatic heterocycles. The first-order valence-corrected chi connectivity index (χ1v) is 32.2. The van der Waals surface area contributed by atoms with E-state index in [-0.39, 0.29) is 31.1 Å². The first-order valence-electron chi connectivity index (χ1n) is 32.2. The number of allylic oxidation sites excluding steroid dienone is 22. The number of hydrogen-bond acceptors (Lipinski definition) is 6. The van der Waals surface area contributed by atoms with E-state index in [1.165, 1.54) is 83.5 Å². The molecule has 0 aliphatic carbocycles. The summed E-state index contributed by atoms with van der Waals surface area (Å²) in [6.07, 6.45) is 91.6. The fourth-order valence-corrected chi connectivity index (χ4v) is 8.54. The predicted molar refractivity (Wildman–Crippen MR) is 339 cm³/mol. The van der Waals surface area contributed by atoms with Crippen LogP contribution in [-0.4, -0.2) is 37.2 Å². The van der Waals surface area contributed by atoms with Crippen LogP contribution in [0.3, 0.4) is 0 Å². The highest BCUT2D eigenvalue weighted by Crippen LogP contribution is 2.14. The minimum Gasteiger partial charge on any atom is -0.462 e. The van der Waals surface area contributed by atoms with Crippen molar-refractivity contribution in [3.05, 3.63) is 134 Å². The molecule has 0 rings (SSSR count). The van der Waals surface area contributed by atoms with E-state index in [9.17, 15) is 14.4 Å². The summed E-state index contributed by atoms with van der Waals surface area (Å²) < 4.78 is 16.9. The van der Waals surface area contributed by atoms with Gasteiger partial charge in [0.2, 0.25) is 0 Å². The number of carbonyl (C=O) groups is 3. The van der Waals surface area contributed by atoms with Gasteiger partial charge in [-0.1, -0.05) is 257 Å². The molecule has 6 heteroatoms. The molecule has 0 amide bonds. The fourth-order valence-electron chi connectivity index (χ4n) is 8.54. The summed E-state index contributed by atoms with van der Waals surface area (Å²) >= 11 is 0. The fraction of sp³-hybridized carbons (Fsp3) is 0.653. The van der Waals surface area contributed by atoms with Crippen LogP contribution in [0.2, 0.25) is 0 Å². The zero-order valence-corrected chi connectivity index (χ0v) is 50.6. The molecule has 0 fully saturated rings. The number of rotatable bonds is 57. The van der Waals surface area contributed by atoms with E-state index in [1.807, 2.05) is 0 Å². The third kappa shape index (κ3) is 62.4. The topological polar surface area (TPSA) is 78.9 Å². The van der Waals surface area contributed by atoms with Gasteiger partial charge >= 0.3 is 17.9 Å². The Kier molecular flexibility index (Phi) is 61.4. The van der Waals surface area contributed by atoms with Crippen LogP contribution in [0.25, 0.3) is 0 Å². The second kappa shape index (κ2) is 65.1. The normalized spacial score (nSPS) is 13.0. The number of unbranched alkanes of at least 4 members (excludes halogenated alkanes) is 24. The molecular formula is C72H118O6. The molecular weight excluding hydrogens is 961 g/mol. The quantitative estimate of drug-likeness (QED) is 0.0261. The Morgan fingerprint density at radius 3 is 0.821 bits per heavy atom. The lowest BCUT2D eigenvalue weighted by atomic mass is 10.1. The van der Waals surface area contributed by atoms with Gasteiger partial charge in [-0.3, -0.25) is 14.4 Å². The van der Waals surface area contributed by atoms with Gasteiger partial charge in [0.25, 0.3) is 0 Å². The molecule has 0 N–H and O–H groups in total. The highest BCUT2D eigenvalue weighted by molar-refractivity contribution is 5.71. The van der Waals surface area contributed by atoms with Gasteiger partial charge in [-0.25, -0.2) is 0 Å². The minimum atomic E-state index is -0.804. The van der Waals surface area contributed by atoms with Crippen LogP contribution in [0.15, 0.2) is 134 Å². The van der Waals surface area contributed by atoms with Crippen LogP contribution in [0, 0.1) is 0 Å². The molecule has 0 aromatic carbocycles. The van der Waals surface area contributed by atoms with Gasteiger partial charge in [-0.05, 0) is 141 Å². The molecule has 0 aromatic rings. The molecule has 0 heterocycles. The lowest BCUT2D eigenvalue weighted by Crippen LogP contribution is -2.30. The molecule has 442 valence electrons. The molecule has 6 nitrogen and oxygen atoms in total. The second-order valence-corrected chi connectivity index (χ2v) is 20.9. The molecule has 0 radical (unpaired) electrons. The first kappa shape index (κ1) is 73.5. The van der Waals surface area contributed by atoms with E-state index in [1.54, 1.807) is 0 Å². The van der Waals surface area contributed by atoms with E-state index < -0.39 is 6.10 Å². The van der Waals surface area contributed by atoms with Gasteiger partial charge in [0.1, 0.15) is 13.2 Å². The van der Waals surface area contributed by atoms with Crippen LogP contribution in [-0.2, 0) is 28.6 Å². The summed E-state index contributed by atoms with van der Waals surface area (Å²) in [5, 5.41) is 0. The van der Waals surface area contributed by atoms with Crippen molar-refractivity contribution >= 4 is 17.9 Å². The third-order valence-electron chi connectivity index (χ3n) is 13.4. The Balaban J connectivity index is 4.42. The van der Waals surface area contributed by atoms with Crippen molar-refractivity contribution in [2.45, 2.75) is 290 Å². The third-order valence-corrected chi connectivity index (χ3v) is 13.4. The number of carbonyl (C=O) groups excluding carboxylic acids is 3. The minimum absolute atomic E-state index is 0.0998. The van der Waals surface area contributed by atoms with Gasteiger partial charge in [-0.2, -0.15) is 0 Å². The zero-order valence-electron chi connectivity index (χ0n) is 50.6. The lowest BCUT2D eigenvalue weighted by molar-refractivity contribution is -0.167. The van der Waals surface area contributed by atoms with Crippen molar-refractivity contribution < 1.29 is 28.6 Å². The smallest absolute Gasteiger partial charge is 0.306 e. The van der Waals surface area contributed by atoms with Crippen molar-refractivity contribution in [1.82, 2.24) is 0 Å². The Labute approximate surface area is 481 Å². The summed E-state index contributed by atoms with van der Waals surface area (Å²) in [4.78, 5) is 38.3. The van der Waals surface area contributed by atoms with E-state index in [4.69, 9.17) is 14.2 Å². The lowest BCUT2D eigenvalue weighted by Gasteiger charge is -2.18. The number of esters is 3. The van der Waals surface area contributed by atoms with E-state index in [2.05, 4.69) is 154 Å². The molecule has 0 saturated carbocycles. The zero-order chi connectivity index (χ0) is 56.4. The van der Waals surface area contributed by atoms with Gasteiger partial charge < -0.3 is 14.2 Å². The molecule has 78 heavy (non-hydrogen) atoms. The summed E-state index contributed by atoms with van der Waals surface area (Å²) in [7, 11) is 0. The summed E-state index contributed by atoms with van der Waals surface area (Å²) in [5.74, 6) is -0.945. The second-order valence-electron chi connectivity index (χ2n) is 20.9. The SMILES string of the molecule is CC/C=C\C/C=C\C/C=C\C/C=C\C/C=C\C/C=C\C/C=C\C/C=C\CCCCCCC(=O)OCC(COC(=O)CCCCCCC/C=C\C/C=C\CCCCC)OC(=O)CCCCCCC/C=C\CCCCCCCCC. The van der Waals surface area contributed by atoms with Crippen molar-refractivity contribution in [3.63, 3.8) is 0 Å². The van der Waals surface area contributed by atoms with E-state index >= 15 is 0 Å². The van der Waals surface area contributed by atoms with Gasteiger partial charge in [0, 0.05) is 19.3 Å². The standard InChI is InChI=1S/C72H118O6/c1-4-7-10-13-16-19-22-25-28-30-31-32-33-34-35-36-37-38-39-40-41-42-45-47-50-53-56-59-62-65-71(74)77-68-69(67-76-70(73)64-61-58-55-52-49-46-43-27-24-21-18-15-12-9-6-3)78-72(75)66-63-60-57-54-51-48-44-29-26-23-20-17-14-11-8-5-2/h7,10,16,18-19,21,25,27-29,31-32,34-35,37-38,40-41,43-45,47,69H,4-6,8-9,11-15,17,20,22-24,26,30,33,36,39,42,46,48-68H2,1-3H3/b10-7-,19-16-,21-18-,28-25-,32-31-,35-34-,38-37-,41-40-,43-27-,44-29-,47-45-. The molecule has 0 bridgehead atoms. The van der Waals surface area contributed by atoms with Crippen molar-refractivity contribution in [2.24, 2.45) is 0 Å². The van der Waals surface area contributed by atoms with Crippen molar-refractivity contribution in [3.8, 4) is 0 Å².